The number of hydrogen-bond donors (Lipinski definition) is 0. The maximum atomic E-state index is 13.4. The summed E-state index contributed by atoms with van der Waals surface area (Å²) in [5.74, 6) is -2.28. The average molecular weight is 413 g/mol. The van der Waals surface area contributed by atoms with Gasteiger partial charge in [0.15, 0.2) is 6.23 Å². The molecule has 0 aliphatic carbocycles. The maximum Gasteiger partial charge on any atom is 0.349 e. The molecule has 0 saturated carbocycles. The molecule has 28 heavy (non-hydrogen) atoms. The van der Waals surface area contributed by atoms with Crippen molar-refractivity contribution in [2.24, 2.45) is 0 Å². The van der Waals surface area contributed by atoms with Crippen LogP contribution in [-0.4, -0.2) is 61.5 Å². The van der Waals surface area contributed by atoms with Crippen molar-refractivity contribution in [2.75, 3.05) is 26.9 Å². The topological polar surface area (TPSA) is 108 Å². The Labute approximate surface area is 163 Å². The lowest BCUT2D eigenvalue weighted by Gasteiger charge is -2.33. The lowest BCUT2D eigenvalue weighted by atomic mass is 10.1. The molecular formula is C18H24NO8P. The number of nitrogens with zero attached hydrogens (tertiary/aromatic N) is 1. The van der Waals surface area contributed by atoms with Gasteiger partial charge in [-0.15, -0.1) is 0 Å². The van der Waals surface area contributed by atoms with Gasteiger partial charge in [-0.2, -0.15) is 0 Å². The average Bonchev–Trinajstić information content (AvgIpc) is 2.91. The van der Waals surface area contributed by atoms with E-state index in [1.54, 1.807) is 32.9 Å². The van der Waals surface area contributed by atoms with Gasteiger partial charge in [-0.25, -0.2) is 4.90 Å². The summed E-state index contributed by atoms with van der Waals surface area (Å²) in [5, 5.41) is 0. The van der Waals surface area contributed by atoms with Gasteiger partial charge in [0.05, 0.1) is 30.9 Å². The van der Waals surface area contributed by atoms with E-state index >= 15 is 0 Å². The van der Waals surface area contributed by atoms with Crippen LogP contribution in [0.2, 0.25) is 0 Å². The molecule has 0 fully saturated rings. The van der Waals surface area contributed by atoms with Crippen LogP contribution >= 0.6 is 7.60 Å². The van der Waals surface area contributed by atoms with Crippen molar-refractivity contribution in [1.82, 2.24) is 4.90 Å². The lowest BCUT2D eigenvalue weighted by molar-refractivity contribution is -0.148. The predicted molar refractivity (Wildman–Crippen MR) is 99.0 cm³/mol. The van der Waals surface area contributed by atoms with E-state index in [2.05, 4.69) is 0 Å². The van der Waals surface area contributed by atoms with E-state index in [9.17, 15) is 18.9 Å². The number of imide groups is 1. The number of ether oxygens (including phenoxy) is 2. The Morgan fingerprint density at radius 3 is 1.89 bits per heavy atom. The Morgan fingerprint density at radius 2 is 1.50 bits per heavy atom. The highest BCUT2D eigenvalue weighted by Crippen LogP contribution is 2.55. The highest BCUT2D eigenvalue weighted by molar-refractivity contribution is 7.55. The highest BCUT2D eigenvalue weighted by Gasteiger charge is 2.54. The number of rotatable bonds is 10. The van der Waals surface area contributed by atoms with Gasteiger partial charge < -0.3 is 18.5 Å². The summed E-state index contributed by atoms with van der Waals surface area (Å²) < 4.78 is 34.3. The molecule has 0 radical (unpaired) electrons. The quantitative estimate of drug-likeness (QED) is 0.327. The third-order valence-electron chi connectivity index (χ3n) is 4.08. The van der Waals surface area contributed by atoms with E-state index in [1.165, 1.54) is 19.2 Å². The van der Waals surface area contributed by atoms with Crippen molar-refractivity contribution in [1.29, 1.82) is 0 Å². The van der Waals surface area contributed by atoms with Crippen LogP contribution in [-0.2, 0) is 27.9 Å². The Balaban J connectivity index is 2.54. The van der Waals surface area contributed by atoms with E-state index in [0.29, 0.717) is 0 Å². The van der Waals surface area contributed by atoms with E-state index in [-0.39, 0.29) is 30.9 Å². The normalized spacial score (nSPS) is 16.1. The molecule has 2 unspecified atom stereocenters. The minimum absolute atomic E-state index is 0.00780. The van der Waals surface area contributed by atoms with E-state index in [1.807, 2.05) is 0 Å². The molecule has 2 amide bonds. The third-order valence-corrected chi connectivity index (χ3v) is 6.46. The predicted octanol–water partition coefficient (Wildman–Crippen LogP) is 2.45. The van der Waals surface area contributed by atoms with E-state index in [0.717, 1.165) is 4.90 Å². The molecule has 1 aromatic rings. The molecule has 2 atom stereocenters. The molecule has 0 saturated heterocycles. The zero-order chi connectivity index (χ0) is 20.9. The first kappa shape index (κ1) is 22.2. The van der Waals surface area contributed by atoms with Crippen molar-refractivity contribution >= 4 is 25.4 Å². The van der Waals surface area contributed by atoms with Crippen LogP contribution in [0, 0.1) is 0 Å². The summed E-state index contributed by atoms with van der Waals surface area (Å²) in [4.78, 5) is 39.1. The number of amides is 2. The molecule has 1 aliphatic rings. The van der Waals surface area contributed by atoms with Gasteiger partial charge in [0.25, 0.3) is 11.8 Å². The fraction of sp³-hybridized carbons (Fsp3) is 0.500. The van der Waals surface area contributed by atoms with Gasteiger partial charge in [-0.3, -0.25) is 18.9 Å². The van der Waals surface area contributed by atoms with Gasteiger partial charge in [0, 0.05) is 7.11 Å². The zero-order valence-corrected chi connectivity index (χ0v) is 17.1. The van der Waals surface area contributed by atoms with Crippen molar-refractivity contribution in [3.63, 3.8) is 0 Å². The Bertz CT molecular complexity index is 751. The molecular weight excluding hydrogens is 389 g/mol. The SMILES string of the molecule is CCOC(=O)C(C(OC)N1C(=O)c2ccccc2C1=O)P(=O)(OCC)OCC. The number of methoxy groups -OCH3 is 1. The van der Waals surface area contributed by atoms with Crippen LogP contribution in [0.1, 0.15) is 41.5 Å². The molecule has 1 heterocycles. The summed E-state index contributed by atoms with van der Waals surface area (Å²) in [7, 11) is -2.94. The van der Waals surface area contributed by atoms with Crippen LogP contribution in [0.4, 0.5) is 0 Å². The first-order valence-electron chi connectivity index (χ1n) is 8.91. The molecule has 0 N–H and O–H groups in total. The summed E-state index contributed by atoms with van der Waals surface area (Å²) in [5.41, 5.74) is -1.32. The van der Waals surface area contributed by atoms with E-state index < -0.39 is 37.3 Å². The fourth-order valence-corrected chi connectivity index (χ4v) is 5.02. The summed E-state index contributed by atoms with van der Waals surface area (Å²) in [6.45, 7) is 4.68. The maximum absolute atomic E-state index is 13.4. The Morgan fingerprint density at radius 1 is 1.00 bits per heavy atom. The fourth-order valence-electron chi connectivity index (χ4n) is 3.00. The Kier molecular flexibility index (Phi) is 7.48. The molecule has 0 bridgehead atoms. The van der Waals surface area contributed by atoms with Crippen LogP contribution in [0.15, 0.2) is 24.3 Å². The van der Waals surface area contributed by atoms with Crippen LogP contribution in [0.3, 0.4) is 0 Å². The number of carbonyl (C=O) groups is 3. The number of carbonyl (C=O) groups excluding carboxylic acids is 3. The molecule has 9 nitrogen and oxygen atoms in total. The van der Waals surface area contributed by atoms with Gasteiger partial charge in [0.1, 0.15) is 0 Å². The standard InChI is InChI=1S/C18H24NO8P/c1-5-25-18(22)14(28(23,26-6-2)27-7-3)17(24-4)19-15(20)12-10-8-9-11-13(12)16(19)21/h8-11,14,17H,5-7H2,1-4H3. The van der Waals surface area contributed by atoms with Gasteiger partial charge in [-0.05, 0) is 32.9 Å². The van der Waals surface area contributed by atoms with E-state index in [4.69, 9.17) is 18.5 Å². The molecule has 1 aliphatic heterocycles. The van der Waals surface area contributed by atoms with Crippen molar-refractivity contribution < 1.29 is 37.5 Å². The molecule has 0 aromatic heterocycles. The molecule has 10 heteroatoms. The second-order valence-electron chi connectivity index (χ2n) is 5.72. The highest BCUT2D eigenvalue weighted by atomic mass is 31.2. The second kappa shape index (κ2) is 9.43. The van der Waals surface area contributed by atoms with Crippen LogP contribution in [0.5, 0.6) is 0 Å². The third kappa shape index (κ3) is 4.03. The summed E-state index contributed by atoms with van der Waals surface area (Å²) >= 11 is 0. The first-order valence-corrected chi connectivity index (χ1v) is 10.5. The van der Waals surface area contributed by atoms with Crippen LogP contribution in [0.25, 0.3) is 0 Å². The van der Waals surface area contributed by atoms with Crippen molar-refractivity contribution in [3.8, 4) is 0 Å². The van der Waals surface area contributed by atoms with Gasteiger partial charge in [-0.1, -0.05) is 12.1 Å². The minimum atomic E-state index is -4.13. The largest absolute Gasteiger partial charge is 0.465 e. The Hall–Kier alpha value is -2.06. The zero-order valence-electron chi connectivity index (χ0n) is 16.2. The minimum Gasteiger partial charge on any atom is -0.465 e. The number of hydrogen-bond acceptors (Lipinski definition) is 8. The van der Waals surface area contributed by atoms with Gasteiger partial charge in [0.2, 0.25) is 5.66 Å². The second-order valence-corrected chi connectivity index (χ2v) is 7.88. The van der Waals surface area contributed by atoms with Crippen molar-refractivity contribution in [2.45, 2.75) is 32.7 Å². The summed E-state index contributed by atoms with van der Waals surface area (Å²) in [6, 6.07) is 6.21. The van der Waals surface area contributed by atoms with Crippen molar-refractivity contribution in [3.05, 3.63) is 35.4 Å². The number of fused-ring (bicyclic) bond motifs is 1. The molecule has 1 aromatic carbocycles. The molecule has 154 valence electrons. The van der Waals surface area contributed by atoms with Crippen LogP contribution < -0.4 is 0 Å². The monoisotopic (exact) mass is 413 g/mol. The number of benzene rings is 1. The smallest absolute Gasteiger partial charge is 0.349 e. The first-order chi connectivity index (χ1) is 13.4. The van der Waals surface area contributed by atoms with Gasteiger partial charge >= 0.3 is 13.6 Å². The summed E-state index contributed by atoms with van der Waals surface area (Å²) in [6.07, 6.45) is -1.53. The molecule has 2 rings (SSSR count). The molecule has 0 spiro atoms. The lowest BCUT2D eigenvalue weighted by Crippen LogP contribution is -2.51. The number of esters is 1.